The molecular weight excluding hydrogens is 338 g/mol. The van der Waals surface area contributed by atoms with E-state index >= 15 is 0 Å². The van der Waals surface area contributed by atoms with Crippen LogP contribution in [0.5, 0.6) is 0 Å². The van der Waals surface area contributed by atoms with Gasteiger partial charge in [0, 0.05) is 35.9 Å². The van der Waals surface area contributed by atoms with Crippen LogP contribution in [0.1, 0.15) is 31.0 Å². The first kappa shape index (κ1) is 16.5. The van der Waals surface area contributed by atoms with E-state index in [0.29, 0.717) is 24.6 Å². The summed E-state index contributed by atoms with van der Waals surface area (Å²) in [5.74, 6) is 0.0351. The zero-order valence-electron chi connectivity index (χ0n) is 15.5. The molecule has 5 rings (SSSR count). The third-order valence-corrected chi connectivity index (χ3v) is 6.69. The minimum absolute atomic E-state index is 0.0351. The first-order chi connectivity index (χ1) is 12.9. The molecule has 27 heavy (non-hydrogen) atoms. The van der Waals surface area contributed by atoms with Gasteiger partial charge < -0.3 is 5.11 Å². The second kappa shape index (κ2) is 5.17. The molecule has 1 aromatic heterocycles. The summed E-state index contributed by atoms with van der Waals surface area (Å²) in [4.78, 5) is 26.1. The molecule has 1 saturated carbocycles. The molecule has 4 nitrogen and oxygen atoms in total. The number of benzene rings is 2. The molecule has 2 aliphatic rings. The summed E-state index contributed by atoms with van der Waals surface area (Å²) < 4.78 is 1.53. The van der Waals surface area contributed by atoms with Crippen LogP contribution in [0.3, 0.4) is 0 Å². The maximum absolute atomic E-state index is 13.4. The normalized spacial score (nSPS) is 26.4. The molecule has 0 saturated heterocycles. The molecule has 1 N–H and O–H groups in total. The van der Waals surface area contributed by atoms with Crippen molar-refractivity contribution in [2.24, 2.45) is 5.41 Å². The monoisotopic (exact) mass is 359 g/mol. The molecule has 1 fully saturated rings. The summed E-state index contributed by atoms with van der Waals surface area (Å²) >= 11 is 0. The van der Waals surface area contributed by atoms with Gasteiger partial charge in [-0.25, -0.2) is 0 Å². The molecule has 136 valence electrons. The van der Waals surface area contributed by atoms with Crippen molar-refractivity contribution in [3.8, 4) is 11.1 Å². The van der Waals surface area contributed by atoms with Crippen molar-refractivity contribution in [3.63, 3.8) is 0 Å². The molecule has 0 radical (unpaired) electrons. The van der Waals surface area contributed by atoms with E-state index in [1.807, 2.05) is 55.5 Å². The number of aliphatic hydroxyl groups is 1. The summed E-state index contributed by atoms with van der Waals surface area (Å²) in [6.45, 7) is 3.85. The van der Waals surface area contributed by atoms with Crippen LogP contribution in [0.15, 0.2) is 53.3 Å². The SMILES string of the molecule is Cc1ccccc1-c1c2n(c(=O)c3ccccc13)C1(O)CCC(=O)C1(C)C2. The van der Waals surface area contributed by atoms with Crippen molar-refractivity contribution < 1.29 is 9.90 Å². The number of Topliss-reactive ketones (excluding diaryl/α,β-unsaturated/α-hetero) is 1. The minimum Gasteiger partial charge on any atom is -0.369 e. The van der Waals surface area contributed by atoms with Crippen LogP contribution in [0.25, 0.3) is 21.9 Å². The zero-order chi connectivity index (χ0) is 19.0. The fraction of sp³-hybridized carbons (Fsp3) is 0.304. The highest BCUT2D eigenvalue weighted by Gasteiger charge is 2.63. The van der Waals surface area contributed by atoms with Crippen molar-refractivity contribution in [3.05, 3.63) is 70.1 Å². The molecular formula is C23H21NO3. The van der Waals surface area contributed by atoms with E-state index in [1.165, 1.54) is 4.57 Å². The fourth-order valence-electron chi connectivity index (χ4n) is 5.11. The van der Waals surface area contributed by atoms with Gasteiger partial charge in [0.05, 0.1) is 5.41 Å². The maximum Gasteiger partial charge on any atom is 0.261 e. The number of hydrogen-bond acceptors (Lipinski definition) is 3. The summed E-state index contributed by atoms with van der Waals surface area (Å²) in [5.41, 5.74) is 1.26. The van der Waals surface area contributed by atoms with Gasteiger partial charge in [-0.1, -0.05) is 42.5 Å². The van der Waals surface area contributed by atoms with E-state index in [0.717, 1.165) is 27.8 Å². The molecule has 2 aromatic carbocycles. The zero-order valence-corrected chi connectivity index (χ0v) is 15.5. The van der Waals surface area contributed by atoms with Crippen molar-refractivity contribution in [1.82, 2.24) is 4.57 Å². The van der Waals surface area contributed by atoms with Crippen molar-refractivity contribution in [1.29, 1.82) is 0 Å². The standard InChI is InChI=1S/C23H21NO3/c1-14-7-3-4-8-15(14)20-16-9-5-6-10-17(16)21(26)24-18(20)13-22(2)19(25)11-12-23(22,24)27/h3-10,27H,11-13H2,1-2H3. The molecule has 1 aliphatic heterocycles. The molecule has 0 amide bonds. The number of carbonyl (C=O) groups excluding carboxylic acids is 1. The number of ketones is 1. The average Bonchev–Trinajstić information content (AvgIpc) is 3.03. The van der Waals surface area contributed by atoms with Gasteiger partial charge in [0.2, 0.25) is 0 Å². The first-order valence-electron chi connectivity index (χ1n) is 9.37. The highest BCUT2D eigenvalue weighted by atomic mass is 16.3. The van der Waals surface area contributed by atoms with Crippen LogP contribution in [-0.2, 0) is 16.9 Å². The maximum atomic E-state index is 13.4. The second-order valence-corrected chi connectivity index (χ2v) is 8.07. The number of hydrogen-bond donors (Lipinski definition) is 1. The van der Waals surface area contributed by atoms with Gasteiger partial charge in [-0.05, 0) is 36.4 Å². The summed E-state index contributed by atoms with van der Waals surface area (Å²) in [6, 6.07) is 15.6. The lowest BCUT2D eigenvalue weighted by atomic mass is 9.79. The third kappa shape index (κ3) is 1.86. The van der Waals surface area contributed by atoms with Gasteiger partial charge in [-0.3, -0.25) is 14.2 Å². The van der Waals surface area contributed by atoms with Crippen LogP contribution < -0.4 is 5.56 Å². The Morgan fingerprint density at radius 3 is 2.41 bits per heavy atom. The number of rotatable bonds is 1. The molecule has 2 unspecified atom stereocenters. The van der Waals surface area contributed by atoms with Crippen LogP contribution in [0, 0.1) is 12.3 Å². The van der Waals surface area contributed by atoms with Crippen molar-refractivity contribution in [2.75, 3.05) is 0 Å². The number of nitrogens with zero attached hydrogens (tertiary/aromatic N) is 1. The lowest BCUT2D eigenvalue weighted by molar-refractivity contribution is -0.142. The topological polar surface area (TPSA) is 59.3 Å². The van der Waals surface area contributed by atoms with Crippen LogP contribution in [-0.4, -0.2) is 15.5 Å². The smallest absolute Gasteiger partial charge is 0.261 e. The molecule has 3 aromatic rings. The van der Waals surface area contributed by atoms with Crippen molar-refractivity contribution >= 4 is 16.6 Å². The Labute approximate surface area is 157 Å². The van der Waals surface area contributed by atoms with E-state index in [1.54, 1.807) is 6.92 Å². The van der Waals surface area contributed by atoms with Crippen LogP contribution >= 0.6 is 0 Å². The number of aromatic nitrogens is 1. The molecule has 2 atom stereocenters. The number of aryl methyl sites for hydroxylation is 1. The van der Waals surface area contributed by atoms with Gasteiger partial charge in [0.15, 0.2) is 5.72 Å². The van der Waals surface area contributed by atoms with E-state index < -0.39 is 11.1 Å². The summed E-state index contributed by atoms with van der Waals surface area (Å²) in [5, 5.41) is 13.0. The van der Waals surface area contributed by atoms with E-state index in [-0.39, 0.29) is 11.3 Å². The number of pyridine rings is 1. The number of fused-ring (bicyclic) bond motifs is 4. The van der Waals surface area contributed by atoms with Gasteiger partial charge in [-0.15, -0.1) is 0 Å². The Morgan fingerprint density at radius 2 is 1.67 bits per heavy atom. The highest BCUT2D eigenvalue weighted by molar-refractivity contribution is 5.99. The van der Waals surface area contributed by atoms with E-state index in [4.69, 9.17) is 0 Å². The summed E-state index contributed by atoms with van der Waals surface area (Å²) in [7, 11) is 0. The van der Waals surface area contributed by atoms with Gasteiger partial charge in [0.25, 0.3) is 5.56 Å². The molecule has 0 bridgehead atoms. The minimum atomic E-state index is -1.45. The molecule has 0 spiro atoms. The molecule has 1 aliphatic carbocycles. The third-order valence-electron chi connectivity index (χ3n) is 6.69. The predicted molar refractivity (Wildman–Crippen MR) is 105 cm³/mol. The fourth-order valence-corrected chi connectivity index (χ4v) is 5.11. The van der Waals surface area contributed by atoms with Crippen LogP contribution in [0.2, 0.25) is 0 Å². The summed E-state index contributed by atoms with van der Waals surface area (Å²) in [6.07, 6.45) is 0.984. The second-order valence-electron chi connectivity index (χ2n) is 8.07. The highest BCUT2D eigenvalue weighted by Crippen LogP contribution is 2.55. The average molecular weight is 359 g/mol. The van der Waals surface area contributed by atoms with E-state index in [2.05, 4.69) is 0 Å². The Balaban J connectivity index is 1.99. The largest absolute Gasteiger partial charge is 0.369 e. The van der Waals surface area contributed by atoms with Crippen molar-refractivity contribution in [2.45, 2.75) is 38.8 Å². The van der Waals surface area contributed by atoms with E-state index in [9.17, 15) is 14.7 Å². The van der Waals surface area contributed by atoms with Gasteiger partial charge in [0.1, 0.15) is 5.78 Å². The lowest BCUT2D eigenvalue weighted by Crippen LogP contribution is -2.47. The van der Waals surface area contributed by atoms with Gasteiger partial charge >= 0.3 is 0 Å². The Hall–Kier alpha value is -2.72. The van der Waals surface area contributed by atoms with Gasteiger partial charge in [-0.2, -0.15) is 0 Å². The Bertz CT molecular complexity index is 1190. The lowest BCUT2D eigenvalue weighted by Gasteiger charge is -2.32. The Kier molecular flexibility index (Phi) is 3.15. The molecule has 2 heterocycles. The predicted octanol–water partition coefficient (Wildman–Crippen LogP) is 3.55. The molecule has 4 heteroatoms. The Morgan fingerprint density at radius 1 is 1.00 bits per heavy atom. The number of carbonyl (C=O) groups is 1. The quantitative estimate of drug-likeness (QED) is 0.723. The van der Waals surface area contributed by atoms with Crippen LogP contribution in [0.4, 0.5) is 0 Å². The first-order valence-corrected chi connectivity index (χ1v) is 9.37.